The van der Waals surface area contributed by atoms with Crippen LogP contribution in [-0.2, 0) is 34.7 Å². The first-order valence-corrected chi connectivity index (χ1v) is 11.8. The van der Waals surface area contributed by atoms with Crippen LogP contribution in [0.15, 0.2) is 9.93 Å². The van der Waals surface area contributed by atoms with Crippen LogP contribution in [0.3, 0.4) is 0 Å². The van der Waals surface area contributed by atoms with Gasteiger partial charge < -0.3 is 14.6 Å². The summed E-state index contributed by atoms with van der Waals surface area (Å²) >= 11 is 2.78. The zero-order valence-electron chi connectivity index (χ0n) is 14.9. The van der Waals surface area contributed by atoms with Gasteiger partial charge in [0, 0.05) is 34.0 Å². The molecule has 2 saturated heterocycles. The van der Waals surface area contributed by atoms with E-state index in [2.05, 4.69) is 0 Å². The predicted molar refractivity (Wildman–Crippen MR) is 102 cm³/mol. The van der Waals surface area contributed by atoms with Crippen molar-refractivity contribution in [3.05, 3.63) is 9.93 Å². The number of ether oxygens (including phenoxy) is 2. The molecule has 1 amide bonds. The lowest BCUT2D eigenvalue weighted by molar-refractivity contribution is -0.169. The zero-order valence-corrected chi connectivity index (χ0v) is 17.4. The number of nitrogens with zero attached hydrogens (tertiary/aromatic N) is 1. The van der Waals surface area contributed by atoms with Gasteiger partial charge in [-0.05, 0) is 13.3 Å². The lowest BCUT2D eigenvalue weighted by Gasteiger charge is -2.43. The summed E-state index contributed by atoms with van der Waals surface area (Å²) in [5, 5.41) is 9.60. The third-order valence-electron chi connectivity index (χ3n) is 4.47. The molecule has 1 N–H and O–H groups in total. The zero-order chi connectivity index (χ0) is 19.7. The number of aliphatic hydroxyl groups excluding tert-OH is 1. The van der Waals surface area contributed by atoms with Gasteiger partial charge >= 0.3 is 11.9 Å². The highest BCUT2D eigenvalue weighted by Crippen LogP contribution is 2.55. The lowest BCUT2D eigenvalue weighted by Crippen LogP contribution is -2.60. The van der Waals surface area contributed by atoms with Gasteiger partial charge in [-0.3, -0.25) is 18.7 Å². The fraction of sp³-hybridized carbons (Fsp3) is 0.688. The van der Waals surface area contributed by atoms with E-state index in [4.69, 9.17) is 9.47 Å². The van der Waals surface area contributed by atoms with E-state index in [0.717, 1.165) is 6.42 Å². The Kier molecular flexibility index (Phi) is 6.54. The van der Waals surface area contributed by atoms with Crippen LogP contribution in [0.5, 0.6) is 0 Å². The molecular formula is C16H21NO7S3. The number of carbonyl (C=O) groups is 3. The number of hydrogen-bond acceptors (Lipinski definition) is 9. The summed E-state index contributed by atoms with van der Waals surface area (Å²) in [4.78, 5) is 37.5. The van der Waals surface area contributed by atoms with E-state index in [1.54, 1.807) is 13.8 Å². The van der Waals surface area contributed by atoms with Crippen molar-refractivity contribution < 1.29 is 33.2 Å². The van der Waals surface area contributed by atoms with Crippen molar-refractivity contribution in [1.82, 2.24) is 4.90 Å². The molecule has 3 aliphatic rings. The highest BCUT2D eigenvalue weighted by Gasteiger charge is 2.58. The van der Waals surface area contributed by atoms with E-state index >= 15 is 0 Å². The molecule has 0 unspecified atom stereocenters. The van der Waals surface area contributed by atoms with Crippen molar-refractivity contribution in [2.45, 2.75) is 43.4 Å². The van der Waals surface area contributed by atoms with E-state index in [9.17, 15) is 23.7 Å². The predicted octanol–water partition coefficient (Wildman–Crippen LogP) is 0.776. The van der Waals surface area contributed by atoms with Gasteiger partial charge in [0.1, 0.15) is 5.37 Å². The Labute approximate surface area is 167 Å². The number of aliphatic hydroxyl groups is 1. The van der Waals surface area contributed by atoms with Crippen LogP contribution >= 0.6 is 23.5 Å². The quantitative estimate of drug-likeness (QED) is 0.352. The van der Waals surface area contributed by atoms with Gasteiger partial charge in [0.15, 0.2) is 5.70 Å². The smallest absolute Gasteiger partial charge is 0.359 e. The van der Waals surface area contributed by atoms with Crippen LogP contribution in [0, 0.1) is 5.92 Å². The number of esters is 2. The minimum absolute atomic E-state index is 0.104. The average Bonchev–Trinajstić information content (AvgIpc) is 3.15. The van der Waals surface area contributed by atoms with E-state index < -0.39 is 41.6 Å². The molecule has 0 radical (unpaired) electrons. The third kappa shape index (κ3) is 4.20. The minimum atomic E-state index is -0.856. The maximum atomic E-state index is 12.6. The number of β-lactam (4-membered cyclic amide) rings is 1. The van der Waals surface area contributed by atoms with Gasteiger partial charge in [0.25, 0.3) is 0 Å². The standard InChI is InChI=1S/C16H21NO7S3/c1-3-10(19)23-7-24-15(21)12-16(25-9-4-5-27(22)6-9)26-14-11(8(2)18)13(20)17(12)14/h8-9,11,14,18H,3-7H2,1-2H3/t8-,9+,11+,14-,27-/m1/s1. The summed E-state index contributed by atoms with van der Waals surface area (Å²) in [6.45, 7) is 2.66. The molecule has 2 fully saturated rings. The number of amides is 1. The minimum Gasteiger partial charge on any atom is -0.428 e. The molecule has 5 atom stereocenters. The molecule has 3 rings (SSSR count). The summed E-state index contributed by atoms with van der Waals surface area (Å²) in [6, 6.07) is 0. The summed E-state index contributed by atoms with van der Waals surface area (Å²) in [6.07, 6.45) is 0.118. The van der Waals surface area contributed by atoms with Gasteiger partial charge in [0.05, 0.1) is 16.3 Å². The Morgan fingerprint density at radius 2 is 2.19 bits per heavy atom. The van der Waals surface area contributed by atoms with Crippen molar-refractivity contribution in [2.24, 2.45) is 5.92 Å². The van der Waals surface area contributed by atoms with E-state index in [-0.39, 0.29) is 28.6 Å². The van der Waals surface area contributed by atoms with Crippen molar-refractivity contribution >= 4 is 52.2 Å². The highest BCUT2D eigenvalue weighted by atomic mass is 32.2. The van der Waals surface area contributed by atoms with Crippen LogP contribution in [0.4, 0.5) is 0 Å². The molecule has 150 valence electrons. The molecule has 27 heavy (non-hydrogen) atoms. The first-order valence-electron chi connectivity index (χ1n) is 8.60. The maximum Gasteiger partial charge on any atom is 0.359 e. The maximum absolute atomic E-state index is 12.6. The van der Waals surface area contributed by atoms with Gasteiger partial charge in [-0.15, -0.1) is 11.8 Å². The molecule has 0 aliphatic carbocycles. The van der Waals surface area contributed by atoms with Crippen LogP contribution in [0.2, 0.25) is 0 Å². The molecule has 3 aliphatic heterocycles. The van der Waals surface area contributed by atoms with Gasteiger partial charge in [0.2, 0.25) is 12.7 Å². The Morgan fingerprint density at radius 1 is 1.44 bits per heavy atom. The molecule has 8 nitrogen and oxygen atoms in total. The lowest BCUT2D eigenvalue weighted by atomic mass is 9.92. The largest absolute Gasteiger partial charge is 0.428 e. The fourth-order valence-electron chi connectivity index (χ4n) is 3.02. The Balaban J connectivity index is 1.74. The van der Waals surface area contributed by atoms with Gasteiger partial charge in [-0.25, -0.2) is 4.79 Å². The number of thioether (sulfide) groups is 2. The molecule has 11 heteroatoms. The molecule has 0 aromatic heterocycles. The van der Waals surface area contributed by atoms with Crippen LogP contribution in [0.1, 0.15) is 26.7 Å². The van der Waals surface area contributed by atoms with Crippen molar-refractivity contribution in [3.8, 4) is 0 Å². The average molecular weight is 436 g/mol. The Hall–Kier alpha value is -1.04. The molecule has 0 aromatic carbocycles. The van der Waals surface area contributed by atoms with E-state index in [0.29, 0.717) is 15.7 Å². The van der Waals surface area contributed by atoms with E-state index in [1.807, 2.05) is 0 Å². The fourth-order valence-corrected chi connectivity index (χ4v) is 8.27. The molecule has 0 saturated carbocycles. The monoisotopic (exact) mass is 435 g/mol. The third-order valence-corrected chi connectivity index (χ3v) is 9.02. The summed E-state index contributed by atoms with van der Waals surface area (Å²) in [7, 11) is -0.856. The van der Waals surface area contributed by atoms with E-state index in [1.165, 1.54) is 28.4 Å². The molecule has 0 aromatic rings. The Morgan fingerprint density at radius 3 is 2.78 bits per heavy atom. The molecular weight excluding hydrogens is 414 g/mol. The second-order valence-electron chi connectivity index (χ2n) is 6.38. The Bertz CT molecular complexity index is 708. The van der Waals surface area contributed by atoms with Gasteiger partial charge in [-0.1, -0.05) is 18.7 Å². The normalized spacial score (nSPS) is 30.8. The number of rotatable bonds is 7. The SMILES string of the molecule is CCC(=O)OCOC(=O)C1=C(S[C@H]2CC[S@@](=O)C2)S[C@@H]2[C@@H]([C@@H](C)O)C(=O)N12. The topological polar surface area (TPSA) is 110 Å². The summed E-state index contributed by atoms with van der Waals surface area (Å²) < 4.78 is 22.1. The summed E-state index contributed by atoms with van der Waals surface area (Å²) in [5.41, 5.74) is 0.127. The van der Waals surface area contributed by atoms with Crippen LogP contribution in [0.25, 0.3) is 0 Å². The van der Waals surface area contributed by atoms with Crippen LogP contribution in [-0.4, -0.2) is 67.1 Å². The molecule has 0 bridgehead atoms. The van der Waals surface area contributed by atoms with Crippen molar-refractivity contribution in [1.29, 1.82) is 0 Å². The highest BCUT2D eigenvalue weighted by molar-refractivity contribution is 8.23. The number of hydrogen-bond donors (Lipinski definition) is 1. The number of fused-ring (bicyclic) bond motifs is 1. The second-order valence-corrected chi connectivity index (χ2v) is 10.7. The molecule has 3 heterocycles. The second kappa shape index (κ2) is 8.54. The first-order chi connectivity index (χ1) is 12.8. The number of carbonyl (C=O) groups excluding carboxylic acids is 3. The van der Waals surface area contributed by atoms with Crippen molar-refractivity contribution in [2.75, 3.05) is 18.3 Å². The summed E-state index contributed by atoms with van der Waals surface area (Å²) in [5.74, 6) is -0.966. The molecule has 0 spiro atoms. The van der Waals surface area contributed by atoms with Crippen LogP contribution < -0.4 is 0 Å². The van der Waals surface area contributed by atoms with Gasteiger partial charge in [-0.2, -0.15) is 0 Å². The van der Waals surface area contributed by atoms with Crippen molar-refractivity contribution in [3.63, 3.8) is 0 Å². The first kappa shape index (κ1) is 20.7.